The zero-order valence-corrected chi connectivity index (χ0v) is 9.60. The second-order valence-corrected chi connectivity index (χ2v) is 3.99. The number of hydrogen-bond acceptors (Lipinski definition) is 3. The van der Waals surface area contributed by atoms with Gasteiger partial charge >= 0.3 is 6.03 Å². The standard InChI is InChI=1S/C11H15N5O/c1-7-3-2-6-13-9(7)15-11(16-10(12)17)14-8-4-5-8/h2-3,6,8H,4-5H2,1H3,(H4,12,13,14,15,16,17). The molecular weight excluding hydrogens is 218 g/mol. The highest BCUT2D eigenvalue weighted by atomic mass is 16.2. The van der Waals surface area contributed by atoms with Crippen molar-refractivity contribution in [2.24, 2.45) is 10.7 Å². The van der Waals surface area contributed by atoms with Crippen LogP contribution in [-0.2, 0) is 0 Å². The van der Waals surface area contributed by atoms with Crippen LogP contribution >= 0.6 is 0 Å². The fourth-order valence-electron chi connectivity index (χ4n) is 1.33. The summed E-state index contributed by atoms with van der Waals surface area (Å²) in [6.45, 7) is 1.92. The molecule has 1 saturated carbocycles. The first-order chi connectivity index (χ1) is 8.15. The minimum absolute atomic E-state index is 0.286. The van der Waals surface area contributed by atoms with E-state index in [1.165, 1.54) is 0 Å². The largest absolute Gasteiger partial charge is 0.351 e. The van der Waals surface area contributed by atoms with Crippen molar-refractivity contribution in [3.05, 3.63) is 23.9 Å². The molecule has 1 aromatic heterocycles. The maximum absolute atomic E-state index is 10.9. The van der Waals surface area contributed by atoms with Gasteiger partial charge < -0.3 is 11.1 Å². The minimum atomic E-state index is -0.634. The third kappa shape index (κ3) is 3.44. The van der Waals surface area contributed by atoms with Gasteiger partial charge in [0.05, 0.1) is 6.04 Å². The maximum atomic E-state index is 10.9. The molecule has 2 amide bonds. The summed E-state index contributed by atoms with van der Waals surface area (Å²) in [7, 11) is 0. The van der Waals surface area contributed by atoms with E-state index < -0.39 is 6.03 Å². The molecule has 0 spiro atoms. The zero-order valence-electron chi connectivity index (χ0n) is 9.60. The van der Waals surface area contributed by atoms with E-state index in [9.17, 15) is 4.79 Å². The summed E-state index contributed by atoms with van der Waals surface area (Å²) in [6, 6.07) is 3.42. The molecule has 6 nitrogen and oxygen atoms in total. The lowest BCUT2D eigenvalue weighted by molar-refractivity contribution is 0.253. The topological polar surface area (TPSA) is 92.4 Å². The molecule has 0 aromatic carbocycles. The van der Waals surface area contributed by atoms with Gasteiger partial charge in [-0.1, -0.05) is 6.07 Å². The summed E-state index contributed by atoms with van der Waals surface area (Å²) >= 11 is 0. The molecule has 2 rings (SSSR count). The zero-order chi connectivity index (χ0) is 12.3. The number of aromatic nitrogens is 1. The van der Waals surface area contributed by atoms with E-state index >= 15 is 0 Å². The average Bonchev–Trinajstić information content (AvgIpc) is 3.04. The number of aliphatic imine (C=N–C) groups is 1. The van der Waals surface area contributed by atoms with E-state index in [0.717, 1.165) is 18.4 Å². The number of amides is 2. The van der Waals surface area contributed by atoms with Crippen molar-refractivity contribution in [2.75, 3.05) is 5.32 Å². The second kappa shape index (κ2) is 4.82. The van der Waals surface area contributed by atoms with Crippen molar-refractivity contribution in [1.29, 1.82) is 0 Å². The molecular formula is C11H15N5O. The predicted molar refractivity (Wildman–Crippen MR) is 65.8 cm³/mol. The Labute approximate surface area is 99.3 Å². The number of carbonyl (C=O) groups excluding carboxylic acids is 1. The highest BCUT2D eigenvalue weighted by Gasteiger charge is 2.21. The number of primary amides is 1. The highest BCUT2D eigenvalue weighted by molar-refractivity contribution is 6.03. The van der Waals surface area contributed by atoms with Gasteiger partial charge in [-0.25, -0.2) is 14.8 Å². The number of nitrogens with zero attached hydrogens (tertiary/aromatic N) is 2. The Morgan fingerprint density at radius 3 is 2.94 bits per heavy atom. The van der Waals surface area contributed by atoms with Crippen LogP contribution in [0, 0.1) is 6.92 Å². The van der Waals surface area contributed by atoms with Crippen molar-refractivity contribution in [3.8, 4) is 0 Å². The first-order valence-electron chi connectivity index (χ1n) is 5.48. The molecule has 17 heavy (non-hydrogen) atoms. The number of urea groups is 1. The highest BCUT2D eigenvalue weighted by Crippen LogP contribution is 2.23. The van der Waals surface area contributed by atoms with Gasteiger partial charge in [0.15, 0.2) is 0 Å². The van der Waals surface area contributed by atoms with Gasteiger partial charge in [-0.15, -0.1) is 0 Å². The summed E-state index contributed by atoms with van der Waals surface area (Å²) in [5.74, 6) is 1.03. The van der Waals surface area contributed by atoms with Crippen LogP contribution in [0.25, 0.3) is 0 Å². The number of hydrogen-bond donors (Lipinski definition) is 3. The SMILES string of the molecule is Cc1cccnc1NC(=NC1CC1)NC(N)=O. The molecule has 0 bridgehead atoms. The first kappa shape index (κ1) is 11.4. The molecule has 0 saturated heterocycles. The van der Waals surface area contributed by atoms with Crippen molar-refractivity contribution >= 4 is 17.8 Å². The number of carbonyl (C=O) groups is 1. The van der Waals surface area contributed by atoms with Crippen molar-refractivity contribution in [1.82, 2.24) is 10.3 Å². The van der Waals surface area contributed by atoms with Crippen LogP contribution in [0.4, 0.5) is 10.6 Å². The first-order valence-corrected chi connectivity index (χ1v) is 5.48. The summed E-state index contributed by atoms with van der Waals surface area (Å²) in [6.07, 6.45) is 3.77. The van der Waals surface area contributed by atoms with Crippen LogP contribution in [0.5, 0.6) is 0 Å². The molecule has 6 heteroatoms. The van der Waals surface area contributed by atoms with Crippen molar-refractivity contribution in [3.63, 3.8) is 0 Å². The third-order valence-electron chi connectivity index (χ3n) is 2.35. The Kier molecular flexibility index (Phi) is 3.22. The number of pyridine rings is 1. The minimum Gasteiger partial charge on any atom is -0.351 e. The van der Waals surface area contributed by atoms with Gasteiger partial charge in [0.1, 0.15) is 5.82 Å². The summed E-state index contributed by atoms with van der Waals surface area (Å²) in [4.78, 5) is 19.3. The second-order valence-electron chi connectivity index (χ2n) is 3.99. The van der Waals surface area contributed by atoms with E-state index in [4.69, 9.17) is 5.73 Å². The smallest absolute Gasteiger partial charge is 0.318 e. The van der Waals surface area contributed by atoms with E-state index in [0.29, 0.717) is 11.8 Å². The fourth-order valence-corrected chi connectivity index (χ4v) is 1.33. The van der Waals surface area contributed by atoms with Crippen LogP contribution in [0.3, 0.4) is 0 Å². The predicted octanol–water partition coefficient (Wildman–Crippen LogP) is 0.989. The number of anilines is 1. The molecule has 0 atom stereocenters. The van der Waals surface area contributed by atoms with Crippen LogP contribution < -0.4 is 16.4 Å². The van der Waals surface area contributed by atoms with Crippen LogP contribution in [0.1, 0.15) is 18.4 Å². The van der Waals surface area contributed by atoms with E-state index in [1.54, 1.807) is 6.20 Å². The Balaban J connectivity index is 2.11. The van der Waals surface area contributed by atoms with Gasteiger partial charge in [0.25, 0.3) is 0 Å². The monoisotopic (exact) mass is 233 g/mol. The molecule has 90 valence electrons. The summed E-state index contributed by atoms with van der Waals surface area (Å²) in [5, 5.41) is 5.44. The third-order valence-corrected chi connectivity index (χ3v) is 2.35. The Morgan fingerprint density at radius 2 is 2.35 bits per heavy atom. The Morgan fingerprint density at radius 1 is 1.59 bits per heavy atom. The Bertz CT molecular complexity index is 453. The average molecular weight is 233 g/mol. The summed E-state index contributed by atoms with van der Waals surface area (Å²) < 4.78 is 0. The summed E-state index contributed by atoms with van der Waals surface area (Å²) in [5.41, 5.74) is 6.06. The number of nitrogens with one attached hydrogen (secondary N) is 2. The van der Waals surface area contributed by atoms with Gasteiger partial charge in [-0.05, 0) is 31.4 Å². The molecule has 1 heterocycles. The van der Waals surface area contributed by atoms with Gasteiger partial charge in [-0.2, -0.15) is 0 Å². The molecule has 1 aliphatic rings. The maximum Gasteiger partial charge on any atom is 0.318 e. The molecule has 0 aliphatic heterocycles. The molecule has 1 aliphatic carbocycles. The number of nitrogens with two attached hydrogens (primary N) is 1. The fraction of sp³-hybridized carbons (Fsp3) is 0.364. The molecule has 1 aromatic rings. The number of aryl methyl sites for hydroxylation is 1. The van der Waals surface area contributed by atoms with Crippen LogP contribution in [0.15, 0.2) is 23.3 Å². The van der Waals surface area contributed by atoms with E-state index in [1.807, 2.05) is 19.1 Å². The van der Waals surface area contributed by atoms with Crippen LogP contribution in [0.2, 0.25) is 0 Å². The lowest BCUT2D eigenvalue weighted by atomic mass is 10.3. The number of rotatable bonds is 2. The molecule has 0 radical (unpaired) electrons. The normalized spacial score (nSPS) is 15.5. The van der Waals surface area contributed by atoms with Crippen molar-refractivity contribution in [2.45, 2.75) is 25.8 Å². The lowest BCUT2D eigenvalue weighted by Crippen LogP contribution is -2.40. The Hall–Kier alpha value is -2.11. The molecule has 0 unspecified atom stereocenters. The quantitative estimate of drug-likeness (QED) is 0.525. The van der Waals surface area contributed by atoms with E-state index in [-0.39, 0.29) is 6.04 Å². The van der Waals surface area contributed by atoms with E-state index in [2.05, 4.69) is 20.6 Å². The van der Waals surface area contributed by atoms with Crippen LogP contribution in [-0.4, -0.2) is 23.0 Å². The molecule has 4 N–H and O–H groups in total. The van der Waals surface area contributed by atoms with Gasteiger partial charge in [0.2, 0.25) is 5.96 Å². The van der Waals surface area contributed by atoms with Gasteiger partial charge in [-0.3, -0.25) is 5.32 Å². The number of guanidine groups is 1. The molecule has 1 fully saturated rings. The van der Waals surface area contributed by atoms with Crippen molar-refractivity contribution < 1.29 is 4.79 Å². The lowest BCUT2D eigenvalue weighted by Gasteiger charge is -2.10. The van der Waals surface area contributed by atoms with Gasteiger partial charge in [0, 0.05) is 6.20 Å².